The summed E-state index contributed by atoms with van der Waals surface area (Å²) in [5.74, 6) is 0.0352. The Balaban J connectivity index is 2.12. The van der Waals surface area contributed by atoms with Gasteiger partial charge in [0.2, 0.25) is 0 Å². The van der Waals surface area contributed by atoms with Gasteiger partial charge in [-0.3, -0.25) is 0 Å². The van der Waals surface area contributed by atoms with E-state index >= 15 is 0 Å². The standard InChI is InChI=1S/C13H13NO3S/c1-16-13(15)12-10(7-11(14)18-12)17-8-9-5-3-2-4-6-9/h2-7H,8,14H2,1H3. The van der Waals surface area contributed by atoms with Crippen molar-refractivity contribution < 1.29 is 14.3 Å². The number of hydrogen-bond acceptors (Lipinski definition) is 5. The lowest BCUT2D eigenvalue weighted by atomic mass is 10.2. The zero-order valence-electron chi connectivity index (χ0n) is 9.88. The van der Waals surface area contributed by atoms with Crippen LogP contribution < -0.4 is 10.5 Å². The molecule has 94 valence electrons. The van der Waals surface area contributed by atoms with Crippen LogP contribution in [0.15, 0.2) is 36.4 Å². The molecule has 0 aliphatic heterocycles. The van der Waals surface area contributed by atoms with Gasteiger partial charge in [-0.2, -0.15) is 0 Å². The molecule has 0 bridgehead atoms. The summed E-state index contributed by atoms with van der Waals surface area (Å²) in [6.07, 6.45) is 0. The summed E-state index contributed by atoms with van der Waals surface area (Å²) in [7, 11) is 1.33. The first-order chi connectivity index (χ1) is 8.70. The molecular weight excluding hydrogens is 250 g/mol. The van der Waals surface area contributed by atoms with Gasteiger partial charge in [0.15, 0.2) is 4.88 Å². The first-order valence-electron chi connectivity index (χ1n) is 5.35. The van der Waals surface area contributed by atoms with Crippen molar-refractivity contribution in [2.75, 3.05) is 12.8 Å². The van der Waals surface area contributed by atoms with E-state index in [0.29, 0.717) is 22.2 Å². The van der Waals surface area contributed by atoms with Gasteiger partial charge in [0.05, 0.1) is 12.1 Å². The first-order valence-corrected chi connectivity index (χ1v) is 6.16. The summed E-state index contributed by atoms with van der Waals surface area (Å²) in [6.45, 7) is 0.390. The van der Waals surface area contributed by atoms with Crippen LogP contribution in [0, 0.1) is 0 Å². The SMILES string of the molecule is COC(=O)c1sc(N)cc1OCc1ccccc1. The first kappa shape index (κ1) is 12.4. The van der Waals surface area contributed by atoms with Crippen molar-refractivity contribution in [3.05, 3.63) is 46.8 Å². The Bertz CT molecular complexity index is 536. The van der Waals surface area contributed by atoms with Crippen molar-refractivity contribution in [3.8, 4) is 5.75 Å². The van der Waals surface area contributed by atoms with E-state index in [9.17, 15) is 4.79 Å². The van der Waals surface area contributed by atoms with E-state index < -0.39 is 5.97 Å². The second-order valence-electron chi connectivity index (χ2n) is 3.61. The van der Waals surface area contributed by atoms with Crippen molar-refractivity contribution in [1.82, 2.24) is 0 Å². The summed E-state index contributed by atoms with van der Waals surface area (Å²) in [6, 6.07) is 11.3. The molecule has 0 amide bonds. The number of nitrogen functional groups attached to an aromatic ring is 1. The molecule has 4 nitrogen and oxygen atoms in total. The highest BCUT2D eigenvalue weighted by Crippen LogP contribution is 2.32. The van der Waals surface area contributed by atoms with E-state index in [1.165, 1.54) is 7.11 Å². The molecule has 0 aliphatic carbocycles. The lowest BCUT2D eigenvalue weighted by Gasteiger charge is -2.05. The Labute approximate surface area is 109 Å². The van der Waals surface area contributed by atoms with Crippen LogP contribution in [-0.4, -0.2) is 13.1 Å². The Morgan fingerprint density at radius 2 is 2.06 bits per heavy atom. The summed E-state index contributed by atoms with van der Waals surface area (Å²) in [5, 5.41) is 0.526. The van der Waals surface area contributed by atoms with Crippen molar-refractivity contribution in [1.29, 1.82) is 0 Å². The molecule has 0 aliphatic rings. The molecule has 0 atom stereocenters. The number of carbonyl (C=O) groups excluding carboxylic acids is 1. The number of carbonyl (C=O) groups is 1. The lowest BCUT2D eigenvalue weighted by Crippen LogP contribution is -2.02. The summed E-state index contributed by atoms with van der Waals surface area (Å²) < 4.78 is 10.3. The molecular formula is C13H13NO3S. The molecule has 1 aromatic heterocycles. The molecule has 0 saturated heterocycles. The molecule has 1 heterocycles. The minimum Gasteiger partial charge on any atom is -0.487 e. The molecule has 0 unspecified atom stereocenters. The van der Waals surface area contributed by atoms with Crippen LogP contribution in [0.2, 0.25) is 0 Å². The minimum atomic E-state index is -0.431. The fraction of sp³-hybridized carbons (Fsp3) is 0.154. The number of benzene rings is 1. The zero-order valence-corrected chi connectivity index (χ0v) is 10.7. The van der Waals surface area contributed by atoms with Gasteiger partial charge in [0, 0.05) is 6.07 Å². The number of rotatable bonds is 4. The molecule has 0 saturated carbocycles. The molecule has 1 aromatic carbocycles. The van der Waals surface area contributed by atoms with Crippen LogP contribution in [0.4, 0.5) is 5.00 Å². The maximum absolute atomic E-state index is 11.5. The second-order valence-corrected chi connectivity index (χ2v) is 4.69. The predicted molar refractivity (Wildman–Crippen MR) is 70.8 cm³/mol. The molecule has 2 N–H and O–H groups in total. The molecule has 2 aromatic rings. The van der Waals surface area contributed by atoms with Gasteiger partial charge in [0.25, 0.3) is 0 Å². The van der Waals surface area contributed by atoms with E-state index in [-0.39, 0.29) is 0 Å². The number of hydrogen-bond donors (Lipinski definition) is 1. The van der Waals surface area contributed by atoms with Gasteiger partial charge >= 0.3 is 5.97 Å². The number of anilines is 1. The van der Waals surface area contributed by atoms with E-state index in [0.717, 1.165) is 16.9 Å². The number of ether oxygens (including phenoxy) is 2. The topological polar surface area (TPSA) is 61.5 Å². The van der Waals surface area contributed by atoms with E-state index in [4.69, 9.17) is 10.5 Å². The van der Waals surface area contributed by atoms with Crippen LogP contribution in [0.25, 0.3) is 0 Å². The third-order valence-electron chi connectivity index (χ3n) is 2.33. The minimum absolute atomic E-state index is 0.390. The maximum atomic E-state index is 11.5. The smallest absolute Gasteiger partial charge is 0.351 e. The Hall–Kier alpha value is -2.01. The Morgan fingerprint density at radius 3 is 2.72 bits per heavy atom. The van der Waals surface area contributed by atoms with Gasteiger partial charge in [0.1, 0.15) is 12.4 Å². The van der Waals surface area contributed by atoms with E-state index in [1.807, 2.05) is 30.3 Å². The maximum Gasteiger partial charge on any atom is 0.351 e. The summed E-state index contributed by atoms with van der Waals surface area (Å²) in [5.41, 5.74) is 6.70. The highest BCUT2D eigenvalue weighted by molar-refractivity contribution is 7.18. The zero-order chi connectivity index (χ0) is 13.0. The Kier molecular flexibility index (Phi) is 3.84. The van der Waals surface area contributed by atoms with Crippen LogP contribution >= 0.6 is 11.3 Å². The second kappa shape index (κ2) is 5.55. The number of nitrogens with two attached hydrogens (primary N) is 1. The number of methoxy groups -OCH3 is 1. The van der Waals surface area contributed by atoms with Gasteiger partial charge in [-0.25, -0.2) is 4.79 Å². The lowest BCUT2D eigenvalue weighted by molar-refractivity contribution is 0.0601. The van der Waals surface area contributed by atoms with Crippen LogP contribution in [0.3, 0.4) is 0 Å². The van der Waals surface area contributed by atoms with Crippen LogP contribution in [0.1, 0.15) is 15.2 Å². The van der Waals surface area contributed by atoms with Crippen molar-refractivity contribution in [2.24, 2.45) is 0 Å². The predicted octanol–water partition coefficient (Wildman–Crippen LogP) is 2.70. The van der Waals surface area contributed by atoms with Crippen molar-refractivity contribution in [3.63, 3.8) is 0 Å². The van der Waals surface area contributed by atoms with Crippen molar-refractivity contribution in [2.45, 2.75) is 6.61 Å². The fourth-order valence-electron chi connectivity index (χ4n) is 1.47. The fourth-order valence-corrected chi connectivity index (χ4v) is 2.26. The largest absolute Gasteiger partial charge is 0.487 e. The van der Waals surface area contributed by atoms with Crippen LogP contribution in [-0.2, 0) is 11.3 Å². The van der Waals surface area contributed by atoms with Gasteiger partial charge in [-0.05, 0) is 5.56 Å². The summed E-state index contributed by atoms with van der Waals surface area (Å²) in [4.78, 5) is 11.9. The average molecular weight is 263 g/mol. The van der Waals surface area contributed by atoms with Crippen LogP contribution in [0.5, 0.6) is 5.75 Å². The Morgan fingerprint density at radius 1 is 1.33 bits per heavy atom. The third-order valence-corrected chi connectivity index (χ3v) is 3.25. The highest BCUT2D eigenvalue weighted by Gasteiger charge is 2.17. The number of esters is 1. The highest BCUT2D eigenvalue weighted by atomic mass is 32.1. The molecule has 0 spiro atoms. The van der Waals surface area contributed by atoms with E-state index in [1.54, 1.807) is 6.07 Å². The normalized spacial score (nSPS) is 10.1. The van der Waals surface area contributed by atoms with E-state index in [2.05, 4.69) is 4.74 Å². The summed E-state index contributed by atoms with van der Waals surface area (Å²) >= 11 is 1.16. The molecule has 0 fully saturated rings. The quantitative estimate of drug-likeness (QED) is 0.861. The molecule has 18 heavy (non-hydrogen) atoms. The van der Waals surface area contributed by atoms with Crippen molar-refractivity contribution >= 4 is 22.3 Å². The molecule has 5 heteroatoms. The number of thiophene rings is 1. The monoisotopic (exact) mass is 263 g/mol. The molecule has 2 rings (SSSR count). The average Bonchev–Trinajstić information content (AvgIpc) is 2.78. The third kappa shape index (κ3) is 2.81. The van der Waals surface area contributed by atoms with Gasteiger partial charge < -0.3 is 15.2 Å². The van der Waals surface area contributed by atoms with Gasteiger partial charge in [-0.1, -0.05) is 30.3 Å². The molecule has 0 radical (unpaired) electrons. The van der Waals surface area contributed by atoms with Gasteiger partial charge in [-0.15, -0.1) is 11.3 Å².